The van der Waals surface area contributed by atoms with Gasteiger partial charge in [0.2, 0.25) is 0 Å². The number of amides is 1. The first-order valence-corrected chi connectivity index (χ1v) is 13.0. The molecule has 0 aliphatic carbocycles. The van der Waals surface area contributed by atoms with E-state index >= 15 is 0 Å². The number of carbonyl (C=O) groups excluding carboxylic acids is 1. The van der Waals surface area contributed by atoms with Crippen LogP contribution in [0.25, 0.3) is 0 Å². The van der Waals surface area contributed by atoms with Crippen molar-refractivity contribution in [3.05, 3.63) is 34.8 Å². The number of piperazine rings is 1. The number of alkyl halides is 6. The molecule has 0 atom stereocenters. The summed E-state index contributed by atoms with van der Waals surface area (Å²) in [4.78, 5) is 18.7. The first-order chi connectivity index (χ1) is 15.1. The molecule has 0 saturated carbocycles. The van der Waals surface area contributed by atoms with E-state index in [1.165, 1.54) is 11.0 Å². The third-order valence-corrected chi connectivity index (χ3v) is 7.96. The fraction of sp³-hybridized carbons (Fsp3) is 0.444. The van der Waals surface area contributed by atoms with Crippen molar-refractivity contribution in [2.45, 2.75) is 22.1 Å². The lowest BCUT2D eigenvalue weighted by atomic mass is 10.2. The van der Waals surface area contributed by atoms with Crippen LogP contribution >= 0.6 is 23.1 Å². The highest BCUT2D eigenvalue weighted by molar-refractivity contribution is 7.99. The fourth-order valence-corrected chi connectivity index (χ4v) is 5.27. The Labute approximate surface area is 193 Å². The summed E-state index contributed by atoms with van der Waals surface area (Å²) in [6.07, 6.45) is -7.35. The summed E-state index contributed by atoms with van der Waals surface area (Å²) in [7, 11) is -3.71. The highest BCUT2D eigenvalue weighted by atomic mass is 32.2. The number of hydrogen-bond donors (Lipinski definition) is 0. The maximum absolute atomic E-state index is 13.1. The van der Waals surface area contributed by atoms with Crippen molar-refractivity contribution in [1.82, 2.24) is 9.88 Å². The van der Waals surface area contributed by atoms with Gasteiger partial charge in [0.05, 0.1) is 22.4 Å². The molecule has 0 radical (unpaired) electrons. The molecule has 15 heteroatoms. The van der Waals surface area contributed by atoms with E-state index in [0.717, 1.165) is 24.6 Å². The minimum Gasteiger partial charge on any atom is -0.345 e. The summed E-state index contributed by atoms with van der Waals surface area (Å²) in [6, 6.07) is 3.37. The van der Waals surface area contributed by atoms with Gasteiger partial charge in [0.15, 0.2) is 15.0 Å². The number of sulfone groups is 1. The maximum Gasteiger partial charge on any atom is 0.427 e. The summed E-state index contributed by atoms with van der Waals surface area (Å²) in [5.41, 5.74) is -0.172. The number of thiazole rings is 1. The number of carbonyl (C=O) groups is 1. The van der Waals surface area contributed by atoms with Gasteiger partial charge in [0.1, 0.15) is 4.88 Å². The van der Waals surface area contributed by atoms with Crippen LogP contribution in [0.2, 0.25) is 0 Å². The van der Waals surface area contributed by atoms with Crippen LogP contribution in [-0.2, 0) is 16.0 Å². The van der Waals surface area contributed by atoms with Gasteiger partial charge in [0, 0.05) is 37.3 Å². The zero-order chi connectivity index (χ0) is 24.6. The van der Waals surface area contributed by atoms with Gasteiger partial charge in [-0.15, -0.1) is 11.8 Å². The second-order valence-corrected chi connectivity index (χ2v) is 11.2. The van der Waals surface area contributed by atoms with E-state index in [4.69, 9.17) is 0 Å². The Hall–Kier alpha value is -2.00. The average molecular weight is 534 g/mol. The molecule has 1 aliphatic rings. The van der Waals surface area contributed by atoms with Crippen LogP contribution in [0.5, 0.6) is 0 Å². The number of aromatic nitrogens is 1. The summed E-state index contributed by atoms with van der Waals surface area (Å²) in [5, 5.41) is 0.148. The third-order valence-electron chi connectivity index (χ3n) is 4.61. The first-order valence-electron chi connectivity index (χ1n) is 9.26. The molecule has 182 valence electrons. The van der Waals surface area contributed by atoms with E-state index in [0.29, 0.717) is 23.1 Å². The van der Waals surface area contributed by atoms with Gasteiger partial charge in [-0.2, -0.15) is 26.3 Å². The molecule has 3 rings (SSSR count). The van der Waals surface area contributed by atoms with Crippen molar-refractivity contribution in [1.29, 1.82) is 0 Å². The molecule has 0 unspecified atom stereocenters. The van der Waals surface area contributed by atoms with Gasteiger partial charge in [-0.25, -0.2) is 13.4 Å². The van der Waals surface area contributed by atoms with Crippen LogP contribution in [-0.4, -0.2) is 68.6 Å². The summed E-state index contributed by atoms with van der Waals surface area (Å²) < 4.78 is 100. The topological polar surface area (TPSA) is 70.6 Å². The fourth-order valence-electron chi connectivity index (χ4n) is 3.01. The lowest BCUT2D eigenvalue weighted by Crippen LogP contribution is -2.48. The number of rotatable bonds is 5. The Kier molecular flexibility index (Phi) is 7.24. The zero-order valence-electron chi connectivity index (χ0n) is 16.9. The van der Waals surface area contributed by atoms with Gasteiger partial charge < -0.3 is 9.80 Å². The Morgan fingerprint density at radius 1 is 1.12 bits per heavy atom. The zero-order valence-corrected chi connectivity index (χ0v) is 19.4. The standard InChI is InChI=1S/C18H17F6N3O3S3/c1-33(29,30)11-2-3-13(31-10-17(19,20)21)12(8-11)15(28)26-4-6-27(7-5-26)16-25-9-14(32-16)18(22,23)24/h2-3,8-9H,4-7,10H2,1H3. The lowest BCUT2D eigenvalue weighted by molar-refractivity contribution is -0.134. The number of hydrogen-bond acceptors (Lipinski definition) is 7. The molecule has 1 amide bonds. The van der Waals surface area contributed by atoms with Crippen LogP contribution in [0.3, 0.4) is 0 Å². The summed E-state index contributed by atoms with van der Waals surface area (Å²) >= 11 is 0.854. The average Bonchev–Trinajstić information content (AvgIpc) is 3.21. The predicted molar refractivity (Wildman–Crippen MR) is 112 cm³/mol. The Balaban J connectivity index is 1.78. The molecule has 0 bridgehead atoms. The molecule has 2 aromatic rings. The van der Waals surface area contributed by atoms with Crippen molar-refractivity contribution < 1.29 is 39.6 Å². The van der Waals surface area contributed by atoms with Crippen LogP contribution in [0.1, 0.15) is 15.2 Å². The lowest BCUT2D eigenvalue weighted by Gasteiger charge is -2.35. The third kappa shape index (κ3) is 6.53. The number of thioether (sulfide) groups is 1. The van der Waals surface area contributed by atoms with E-state index in [9.17, 15) is 39.6 Å². The molecule has 2 heterocycles. The van der Waals surface area contributed by atoms with E-state index in [-0.39, 0.29) is 46.7 Å². The quantitative estimate of drug-likeness (QED) is 0.424. The summed E-state index contributed by atoms with van der Waals surface area (Å²) in [5.74, 6) is -1.91. The Bertz CT molecular complexity index is 1120. The summed E-state index contributed by atoms with van der Waals surface area (Å²) in [6.45, 7) is 0.471. The molecule has 33 heavy (non-hydrogen) atoms. The number of nitrogens with zero attached hydrogens (tertiary/aromatic N) is 3. The monoisotopic (exact) mass is 533 g/mol. The smallest absolute Gasteiger partial charge is 0.345 e. The van der Waals surface area contributed by atoms with Gasteiger partial charge in [-0.3, -0.25) is 4.79 Å². The van der Waals surface area contributed by atoms with Crippen molar-refractivity contribution in [2.24, 2.45) is 0 Å². The first kappa shape index (κ1) is 25.6. The molecule has 0 N–H and O–H groups in total. The molecular weight excluding hydrogens is 516 g/mol. The van der Waals surface area contributed by atoms with Crippen molar-refractivity contribution in [2.75, 3.05) is 43.1 Å². The van der Waals surface area contributed by atoms with Crippen LogP contribution in [0, 0.1) is 0 Å². The highest BCUT2D eigenvalue weighted by Gasteiger charge is 2.35. The van der Waals surface area contributed by atoms with E-state index in [1.54, 1.807) is 4.90 Å². The van der Waals surface area contributed by atoms with Gasteiger partial charge >= 0.3 is 12.4 Å². The SMILES string of the molecule is CS(=O)(=O)c1ccc(SCC(F)(F)F)c(C(=O)N2CCN(c3ncc(C(F)(F)F)s3)CC2)c1. The van der Waals surface area contributed by atoms with E-state index < -0.39 is 38.7 Å². The van der Waals surface area contributed by atoms with Gasteiger partial charge in [-0.1, -0.05) is 11.3 Å². The van der Waals surface area contributed by atoms with Crippen LogP contribution in [0.4, 0.5) is 31.5 Å². The van der Waals surface area contributed by atoms with Crippen LogP contribution in [0.15, 0.2) is 34.2 Å². The molecule has 1 saturated heterocycles. The minimum atomic E-state index is -4.51. The van der Waals surface area contributed by atoms with Crippen molar-refractivity contribution >= 4 is 44.0 Å². The number of anilines is 1. The number of halogens is 6. The molecular formula is C18H17F6N3O3S3. The van der Waals surface area contributed by atoms with Gasteiger partial charge in [0.25, 0.3) is 5.91 Å². The molecule has 6 nitrogen and oxygen atoms in total. The molecule has 1 aliphatic heterocycles. The minimum absolute atomic E-state index is 0.0121. The van der Waals surface area contributed by atoms with E-state index in [2.05, 4.69) is 4.98 Å². The van der Waals surface area contributed by atoms with Crippen LogP contribution < -0.4 is 4.90 Å². The predicted octanol–water partition coefficient (Wildman–Crippen LogP) is 4.18. The Morgan fingerprint density at radius 2 is 1.76 bits per heavy atom. The van der Waals surface area contributed by atoms with Gasteiger partial charge in [-0.05, 0) is 18.2 Å². The van der Waals surface area contributed by atoms with Crippen molar-refractivity contribution in [3.63, 3.8) is 0 Å². The Morgan fingerprint density at radius 3 is 2.27 bits per heavy atom. The van der Waals surface area contributed by atoms with Crippen molar-refractivity contribution in [3.8, 4) is 0 Å². The molecule has 1 aromatic heterocycles. The molecule has 1 fully saturated rings. The molecule has 0 spiro atoms. The second kappa shape index (κ2) is 9.33. The largest absolute Gasteiger partial charge is 0.427 e. The second-order valence-electron chi connectivity index (χ2n) is 7.12. The van der Waals surface area contributed by atoms with E-state index in [1.807, 2.05) is 0 Å². The molecule has 1 aromatic carbocycles. The normalized spacial score (nSPS) is 15.7. The maximum atomic E-state index is 13.1. The number of benzene rings is 1. The highest BCUT2D eigenvalue weighted by Crippen LogP contribution is 2.37.